The van der Waals surface area contributed by atoms with Crippen LogP contribution in [0.15, 0.2) is 185 Å². The summed E-state index contributed by atoms with van der Waals surface area (Å²) < 4.78 is 0. The minimum atomic E-state index is -0.0562. The smallest absolute Gasteiger partial charge is 0.258 e. The second-order valence-corrected chi connectivity index (χ2v) is 39.4. The molecule has 4 atom stereocenters. The molecule has 8 saturated heterocycles. The Morgan fingerprint density at radius 2 is 0.669 bits per heavy atom. The van der Waals surface area contributed by atoms with Crippen LogP contribution >= 0.6 is 0 Å². The molecule has 7 aromatic carbocycles. The number of aromatic amines is 7. The molecule has 15 heterocycles. The van der Waals surface area contributed by atoms with Crippen LogP contribution in [0.1, 0.15) is 204 Å². The van der Waals surface area contributed by atoms with Gasteiger partial charge in [0.1, 0.15) is 40.8 Å². The Balaban J connectivity index is 0.000000120. The second kappa shape index (κ2) is 45.9. The van der Waals surface area contributed by atoms with Crippen molar-refractivity contribution in [1.29, 1.82) is 0 Å². The molecule has 28 heteroatoms. The van der Waals surface area contributed by atoms with Crippen molar-refractivity contribution in [1.82, 2.24) is 104 Å². The van der Waals surface area contributed by atoms with Gasteiger partial charge in [-0.15, -0.1) is 0 Å². The monoisotopic (exact) mass is 1840 g/mol. The van der Waals surface area contributed by atoms with Crippen LogP contribution in [0.5, 0.6) is 0 Å². The number of likely N-dealkylation sites (N-methyl/N-ethyl adjacent to an activating group) is 1. The lowest BCUT2D eigenvalue weighted by molar-refractivity contribution is 0.0503. The molecule has 4 unspecified atom stereocenters. The summed E-state index contributed by atoms with van der Waals surface area (Å²) >= 11 is 0. The molecule has 28 nitrogen and oxygen atoms in total. The van der Waals surface area contributed by atoms with Gasteiger partial charge in [0, 0.05) is 86.7 Å². The van der Waals surface area contributed by atoms with E-state index in [0.29, 0.717) is 97.4 Å². The number of nitrogens with one attached hydrogen (secondary N) is 8. The number of fused-ring (bicyclic) bond motifs is 15. The van der Waals surface area contributed by atoms with Crippen molar-refractivity contribution < 1.29 is 0 Å². The van der Waals surface area contributed by atoms with Gasteiger partial charge in [-0.2, -0.15) is 0 Å². The number of aryl methyl sites for hydroxylation is 4. The molecule has 8 aliphatic heterocycles. The van der Waals surface area contributed by atoms with Gasteiger partial charge in [-0.05, 0) is 320 Å². The molecular weight excluding hydrogens is 1700 g/mol. The molecule has 6 bridgehead atoms. The Labute approximate surface area is 795 Å². The van der Waals surface area contributed by atoms with E-state index in [0.717, 1.165) is 186 Å². The van der Waals surface area contributed by atoms with Crippen LogP contribution in [0.4, 0.5) is 0 Å². The number of H-pyrrole nitrogens is 7. The first-order valence-electron chi connectivity index (χ1n) is 49.5. The van der Waals surface area contributed by atoms with Crippen LogP contribution in [-0.4, -0.2) is 232 Å². The molecule has 718 valence electrons. The van der Waals surface area contributed by atoms with E-state index >= 15 is 0 Å². The van der Waals surface area contributed by atoms with E-state index in [2.05, 4.69) is 118 Å². The molecule has 136 heavy (non-hydrogen) atoms. The molecule has 10 aliphatic rings. The van der Waals surface area contributed by atoms with Gasteiger partial charge in [0.15, 0.2) is 0 Å². The van der Waals surface area contributed by atoms with Crippen LogP contribution in [0, 0.1) is 38.5 Å². The fourth-order valence-corrected chi connectivity index (χ4v) is 21.3. The Kier molecular flexibility index (Phi) is 33.3. The Hall–Kier alpha value is -11.8. The van der Waals surface area contributed by atoms with Gasteiger partial charge in [0.05, 0.1) is 76.3 Å². The standard InChI is InChI=1S/C17H21N3O.C17H23N3O.C16H19N3O.C16H21N3O.C15H17N3O.C13H17N3O.C12H15N3O.C2H6/c1-11-3-2-4-14-16(11)18-15(19-17(14)21)9-13-10-20-7-5-12(13)6-8-20;1-11-5-4-6-14-15(11)18-16(19-17(14)21)12-7-9-13(10-8-12)20(2)3;1-10-3-2-4-12-14(10)17-15(18-16(12)20)13-9-19-7-5-11(13)6-8-19;1-19(2)12-9-7-11(8-10-12)15-17-14-6-4-3-5-13(14)16(20)18-15;19-15-12-3-1-2-4-13(12)17-14(18-15)9-7-10-5-6-11(8-9)16-10;1-16(2)9-5-8-12-14-11-7-4-3-6-10(11)13(17)15-12;1-15(2)8-7-11-13-10-6-4-3-5-9(10)12(16)14-11;1-2/h2-4,12-13H,5-10H2,1H3,(H,18,19,21);4-6,12-13H,7-10H2,1-3H3,(H,18,19,21);2-4,11,13H,5-9H2,1H3,(H,17,18,20);3-6,11-12H,7-10H2,1-2H3,(H,17,18,20);1-4,9-11,16H,5-8H2,(H,17,18,19);3-4,6-7H,5,8-9H2,1-2H3,(H,14,15,17);3-6H,7-8H2,1-2H3,(H,13,14,16);1-2H3. The fraction of sp³-hybridized carbons (Fsp3) is 0.481. The number of aromatic nitrogens is 14. The Bertz CT molecular complexity index is 6850. The summed E-state index contributed by atoms with van der Waals surface area (Å²) in [5, 5.41) is 8.39. The highest BCUT2D eigenvalue weighted by Crippen LogP contribution is 2.40. The summed E-state index contributed by atoms with van der Waals surface area (Å²) in [5.74, 6) is 9.62. The maximum absolute atomic E-state index is 12.3. The maximum Gasteiger partial charge on any atom is 0.258 e. The average Bonchev–Trinajstić information content (AvgIpc) is 1.05. The van der Waals surface area contributed by atoms with E-state index < -0.39 is 0 Å². The Morgan fingerprint density at radius 3 is 1.08 bits per heavy atom. The fourth-order valence-electron chi connectivity index (χ4n) is 21.3. The molecule has 7 aromatic heterocycles. The van der Waals surface area contributed by atoms with E-state index in [1.807, 2.05) is 202 Å². The van der Waals surface area contributed by atoms with Gasteiger partial charge in [-0.3, -0.25) is 33.6 Å². The van der Waals surface area contributed by atoms with Gasteiger partial charge < -0.3 is 69.6 Å². The van der Waals surface area contributed by atoms with Crippen molar-refractivity contribution in [2.75, 3.05) is 109 Å². The van der Waals surface area contributed by atoms with Crippen molar-refractivity contribution in [3.05, 3.63) is 282 Å². The molecule has 24 rings (SSSR count). The van der Waals surface area contributed by atoms with Crippen molar-refractivity contribution in [3.8, 4) is 0 Å². The average molecular weight is 1840 g/mol. The zero-order valence-corrected chi connectivity index (χ0v) is 81.8. The molecular formula is C108H139N21O7. The first-order valence-corrected chi connectivity index (χ1v) is 49.5. The zero-order valence-electron chi connectivity index (χ0n) is 81.8. The van der Waals surface area contributed by atoms with Crippen molar-refractivity contribution in [2.24, 2.45) is 17.8 Å². The largest absolute Gasteiger partial charge is 0.311 e. The number of piperidine rings is 7. The van der Waals surface area contributed by atoms with Gasteiger partial charge in [-0.1, -0.05) is 98.8 Å². The molecule has 0 radical (unpaired) electrons. The van der Waals surface area contributed by atoms with Crippen LogP contribution in [0.3, 0.4) is 0 Å². The van der Waals surface area contributed by atoms with Crippen molar-refractivity contribution in [2.45, 2.75) is 211 Å². The predicted octanol–water partition coefficient (Wildman–Crippen LogP) is 14.9. The summed E-state index contributed by atoms with van der Waals surface area (Å²) in [5.41, 5.74) is 8.84. The molecule has 8 N–H and O–H groups in total. The molecule has 2 aliphatic carbocycles. The first kappa shape index (κ1) is 98.7. The molecule has 10 fully saturated rings. The summed E-state index contributed by atoms with van der Waals surface area (Å²) in [6.45, 7) is 19.1. The lowest BCUT2D eigenvalue weighted by Crippen LogP contribution is -2.48. The van der Waals surface area contributed by atoms with Crippen LogP contribution in [0.2, 0.25) is 0 Å². The van der Waals surface area contributed by atoms with E-state index in [1.165, 1.54) is 96.9 Å². The summed E-state index contributed by atoms with van der Waals surface area (Å²) in [6.07, 6.45) is 22.4. The quantitative estimate of drug-likeness (QED) is 0.0472. The first-order chi connectivity index (χ1) is 65.8. The third kappa shape index (κ3) is 24.6. The van der Waals surface area contributed by atoms with Gasteiger partial charge in [-0.25, -0.2) is 34.9 Å². The zero-order chi connectivity index (χ0) is 95.8. The number of para-hydroxylation sites is 7. The molecule has 0 spiro atoms. The third-order valence-electron chi connectivity index (χ3n) is 29.0. The minimum Gasteiger partial charge on any atom is -0.311 e. The minimum absolute atomic E-state index is 0.0000231. The predicted molar refractivity (Wildman–Crippen MR) is 549 cm³/mol. The number of hydrogen-bond donors (Lipinski definition) is 8. The van der Waals surface area contributed by atoms with E-state index in [1.54, 1.807) is 12.1 Å². The lowest BCUT2D eigenvalue weighted by atomic mass is 9.77. The molecule has 2 saturated carbocycles. The normalized spacial score (nSPS) is 22.5. The van der Waals surface area contributed by atoms with Crippen LogP contribution in [-0.2, 0) is 19.3 Å². The summed E-state index contributed by atoms with van der Waals surface area (Å²) in [4.78, 5) is 152. The molecule has 14 aromatic rings. The summed E-state index contributed by atoms with van der Waals surface area (Å²) in [7, 11) is 16.6. The molecule has 0 amide bonds. The van der Waals surface area contributed by atoms with Crippen molar-refractivity contribution in [3.63, 3.8) is 0 Å². The highest BCUT2D eigenvalue weighted by atomic mass is 16.2. The lowest BCUT2D eigenvalue weighted by Gasteiger charge is -2.44. The topological polar surface area (TPSA) is 352 Å². The summed E-state index contributed by atoms with van der Waals surface area (Å²) in [6, 6.07) is 49.9. The van der Waals surface area contributed by atoms with Gasteiger partial charge in [0.25, 0.3) is 38.9 Å². The van der Waals surface area contributed by atoms with Crippen LogP contribution in [0.25, 0.3) is 76.3 Å². The van der Waals surface area contributed by atoms with E-state index in [9.17, 15) is 33.6 Å². The van der Waals surface area contributed by atoms with E-state index in [-0.39, 0.29) is 38.9 Å². The second-order valence-electron chi connectivity index (χ2n) is 39.4. The maximum atomic E-state index is 12.3. The third-order valence-corrected chi connectivity index (χ3v) is 29.0. The SMILES string of the molecule is CC.CN(C)C1CCC(c2nc3ccccc3c(=O)[nH]2)CC1.CN(C)CCCc1nc2ccccc2c(=O)[nH]1.CN(C)CCc1nc2ccccc2c(=O)[nH]1.Cc1cccc2c(=O)[nH]c(C3CCC(N(C)C)CC3)nc12.Cc1cccc2c(=O)[nH]c(C3CN4CCC3CC4)nc12.Cc1cccc2c(=O)[nH]c(CC3CN4CCC3CC4)nc12.O=c1[nH]c(C2CC3CCC(C2)N3)nc2ccccc12. The van der Waals surface area contributed by atoms with Crippen LogP contribution < -0.4 is 44.2 Å². The highest BCUT2D eigenvalue weighted by molar-refractivity contribution is 5.84. The number of rotatable bonds is 15. The Morgan fingerprint density at radius 1 is 0.324 bits per heavy atom. The number of hydrogen-bond acceptors (Lipinski definition) is 21. The van der Waals surface area contributed by atoms with Gasteiger partial charge in [0.2, 0.25) is 0 Å². The van der Waals surface area contributed by atoms with Crippen molar-refractivity contribution >= 4 is 76.3 Å². The number of benzene rings is 7. The number of nitrogens with zero attached hydrogens (tertiary/aromatic N) is 13. The van der Waals surface area contributed by atoms with E-state index in [4.69, 9.17) is 15.0 Å². The highest BCUT2D eigenvalue weighted by Gasteiger charge is 2.39. The van der Waals surface area contributed by atoms with Gasteiger partial charge >= 0.3 is 0 Å².